The van der Waals surface area contributed by atoms with Gasteiger partial charge in [0.05, 0.1) is 22.8 Å². The Balaban J connectivity index is 1.69. The molecule has 6 heteroatoms. The van der Waals surface area contributed by atoms with E-state index in [1.165, 1.54) is 4.70 Å². The number of hydrogen-bond acceptors (Lipinski definition) is 5. The van der Waals surface area contributed by atoms with Crippen molar-refractivity contribution in [2.75, 3.05) is 26.7 Å². The van der Waals surface area contributed by atoms with Gasteiger partial charge >= 0.3 is 0 Å². The predicted octanol–water partition coefficient (Wildman–Crippen LogP) is 0.816. The second-order valence-electron chi connectivity index (χ2n) is 4.93. The van der Waals surface area contributed by atoms with Gasteiger partial charge in [0.1, 0.15) is 5.01 Å². The number of aromatic nitrogens is 1. The van der Waals surface area contributed by atoms with Crippen LogP contribution in [0.3, 0.4) is 0 Å². The molecule has 1 atom stereocenters. The first kappa shape index (κ1) is 13.5. The lowest BCUT2D eigenvalue weighted by Gasteiger charge is -2.31. The molecular formula is C14H18N4OS. The van der Waals surface area contributed by atoms with Crippen LogP contribution in [-0.2, 0) is 11.3 Å². The van der Waals surface area contributed by atoms with Gasteiger partial charge in [0.25, 0.3) is 0 Å². The first-order valence-electron chi connectivity index (χ1n) is 6.78. The van der Waals surface area contributed by atoms with Gasteiger partial charge in [-0.3, -0.25) is 9.69 Å². The SMILES string of the molecule is CNC(=O)C1CN(Cc2nc3ccccc3s2)CCN1. The number of nitrogens with one attached hydrogen (secondary N) is 2. The van der Waals surface area contributed by atoms with Crippen molar-refractivity contribution < 1.29 is 4.79 Å². The van der Waals surface area contributed by atoms with E-state index in [1.54, 1.807) is 18.4 Å². The average Bonchev–Trinajstić information content (AvgIpc) is 2.88. The largest absolute Gasteiger partial charge is 0.358 e. The molecule has 0 radical (unpaired) electrons. The maximum atomic E-state index is 11.7. The molecule has 1 amide bonds. The van der Waals surface area contributed by atoms with Crippen molar-refractivity contribution in [3.05, 3.63) is 29.3 Å². The Hall–Kier alpha value is -1.50. The van der Waals surface area contributed by atoms with Crippen LogP contribution in [0.25, 0.3) is 10.2 Å². The van der Waals surface area contributed by atoms with Crippen LogP contribution in [0.4, 0.5) is 0 Å². The molecule has 106 valence electrons. The van der Waals surface area contributed by atoms with Gasteiger partial charge in [-0.2, -0.15) is 0 Å². The average molecular weight is 290 g/mol. The Kier molecular flexibility index (Phi) is 3.95. The zero-order valence-corrected chi connectivity index (χ0v) is 12.2. The minimum Gasteiger partial charge on any atom is -0.358 e. The van der Waals surface area contributed by atoms with E-state index in [1.807, 2.05) is 18.2 Å². The van der Waals surface area contributed by atoms with Gasteiger partial charge in [0.2, 0.25) is 5.91 Å². The molecule has 0 saturated carbocycles. The third kappa shape index (κ3) is 2.82. The van der Waals surface area contributed by atoms with Crippen LogP contribution in [0.5, 0.6) is 0 Å². The Labute approximate surface area is 122 Å². The summed E-state index contributed by atoms with van der Waals surface area (Å²) >= 11 is 1.73. The number of carbonyl (C=O) groups is 1. The van der Waals surface area contributed by atoms with Crippen molar-refractivity contribution in [3.63, 3.8) is 0 Å². The standard InChI is InChI=1S/C14H18N4OS/c1-15-14(19)11-8-18(7-6-16-11)9-13-17-10-4-2-3-5-12(10)20-13/h2-5,11,16H,6-9H2,1H3,(H,15,19). The maximum absolute atomic E-state index is 11.7. The maximum Gasteiger partial charge on any atom is 0.238 e. The second-order valence-corrected chi connectivity index (χ2v) is 6.05. The molecule has 2 heterocycles. The summed E-state index contributed by atoms with van der Waals surface area (Å²) in [5.41, 5.74) is 1.06. The number of thiazole rings is 1. The van der Waals surface area contributed by atoms with E-state index in [-0.39, 0.29) is 11.9 Å². The van der Waals surface area contributed by atoms with Gasteiger partial charge in [-0.25, -0.2) is 4.98 Å². The molecule has 0 spiro atoms. The number of benzene rings is 1. The first-order valence-corrected chi connectivity index (χ1v) is 7.59. The highest BCUT2D eigenvalue weighted by Crippen LogP contribution is 2.22. The Morgan fingerprint density at radius 1 is 1.55 bits per heavy atom. The van der Waals surface area contributed by atoms with Gasteiger partial charge in [-0.05, 0) is 12.1 Å². The highest BCUT2D eigenvalue weighted by Gasteiger charge is 2.24. The molecule has 1 aromatic heterocycles. The van der Waals surface area contributed by atoms with E-state index < -0.39 is 0 Å². The van der Waals surface area contributed by atoms with Gasteiger partial charge in [0.15, 0.2) is 0 Å². The fourth-order valence-electron chi connectivity index (χ4n) is 2.48. The third-order valence-corrected chi connectivity index (χ3v) is 4.54. The molecule has 3 rings (SSSR count). The minimum absolute atomic E-state index is 0.0546. The highest BCUT2D eigenvalue weighted by molar-refractivity contribution is 7.18. The molecule has 0 bridgehead atoms. The highest BCUT2D eigenvalue weighted by atomic mass is 32.1. The van der Waals surface area contributed by atoms with Crippen molar-refractivity contribution in [1.82, 2.24) is 20.5 Å². The fraction of sp³-hybridized carbons (Fsp3) is 0.429. The first-order chi connectivity index (χ1) is 9.76. The van der Waals surface area contributed by atoms with Crippen LogP contribution < -0.4 is 10.6 Å². The van der Waals surface area contributed by atoms with Crippen molar-refractivity contribution in [1.29, 1.82) is 0 Å². The van der Waals surface area contributed by atoms with E-state index in [2.05, 4.69) is 26.6 Å². The lowest BCUT2D eigenvalue weighted by Crippen LogP contribution is -2.56. The quantitative estimate of drug-likeness (QED) is 0.878. The Bertz CT molecular complexity index is 579. The number of carbonyl (C=O) groups excluding carboxylic acids is 1. The van der Waals surface area contributed by atoms with Crippen molar-refractivity contribution in [2.45, 2.75) is 12.6 Å². The van der Waals surface area contributed by atoms with E-state index in [9.17, 15) is 4.79 Å². The zero-order valence-electron chi connectivity index (χ0n) is 11.4. The minimum atomic E-state index is -0.122. The number of rotatable bonds is 3. The van der Waals surface area contributed by atoms with Crippen LogP contribution in [0.1, 0.15) is 5.01 Å². The van der Waals surface area contributed by atoms with Crippen LogP contribution in [0, 0.1) is 0 Å². The van der Waals surface area contributed by atoms with E-state index in [0.29, 0.717) is 0 Å². The molecule has 1 aromatic carbocycles. The van der Waals surface area contributed by atoms with Gasteiger partial charge < -0.3 is 10.6 Å². The molecule has 1 aliphatic heterocycles. The van der Waals surface area contributed by atoms with Gasteiger partial charge in [-0.1, -0.05) is 12.1 Å². The Morgan fingerprint density at radius 3 is 3.20 bits per heavy atom. The predicted molar refractivity (Wildman–Crippen MR) is 80.8 cm³/mol. The third-order valence-electron chi connectivity index (χ3n) is 3.52. The summed E-state index contributed by atoms with van der Waals surface area (Å²) in [5, 5.41) is 7.06. The molecule has 20 heavy (non-hydrogen) atoms. The number of para-hydroxylation sites is 1. The normalized spacial score (nSPS) is 20.1. The summed E-state index contributed by atoms with van der Waals surface area (Å²) in [6, 6.07) is 8.07. The van der Waals surface area contributed by atoms with Crippen LogP contribution >= 0.6 is 11.3 Å². The molecule has 1 saturated heterocycles. The van der Waals surface area contributed by atoms with Gasteiger partial charge in [-0.15, -0.1) is 11.3 Å². The second kappa shape index (κ2) is 5.87. The van der Waals surface area contributed by atoms with Gasteiger partial charge in [0, 0.05) is 26.7 Å². The number of amides is 1. The number of likely N-dealkylation sites (N-methyl/N-ethyl adjacent to an activating group) is 1. The monoisotopic (exact) mass is 290 g/mol. The molecule has 5 nitrogen and oxygen atoms in total. The molecular weight excluding hydrogens is 272 g/mol. The number of piperazine rings is 1. The fourth-order valence-corrected chi connectivity index (χ4v) is 3.49. The lowest BCUT2D eigenvalue weighted by atomic mass is 10.2. The van der Waals surface area contributed by atoms with Crippen LogP contribution in [0.2, 0.25) is 0 Å². The number of fused-ring (bicyclic) bond motifs is 1. The lowest BCUT2D eigenvalue weighted by molar-refractivity contribution is -0.123. The molecule has 1 fully saturated rings. The summed E-state index contributed by atoms with van der Waals surface area (Å²) in [6.07, 6.45) is 0. The van der Waals surface area contributed by atoms with Crippen molar-refractivity contribution >= 4 is 27.5 Å². The van der Waals surface area contributed by atoms with Crippen LogP contribution in [-0.4, -0.2) is 48.5 Å². The molecule has 1 aliphatic rings. The molecule has 0 aliphatic carbocycles. The Morgan fingerprint density at radius 2 is 2.40 bits per heavy atom. The topological polar surface area (TPSA) is 57.3 Å². The number of hydrogen-bond donors (Lipinski definition) is 2. The smallest absolute Gasteiger partial charge is 0.238 e. The van der Waals surface area contributed by atoms with Crippen molar-refractivity contribution in [2.24, 2.45) is 0 Å². The van der Waals surface area contributed by atoms with Crippen LogP contribution in [0.15, 0.2) is 24.3 Å². The molecule has 1 unspecified atom stereocenters. The van der Waals surface area contributed by atoms with E-state index in [4.69, 9.17) is 0 Å². The summed E-state index contributed by atoms with van der Waals surface area (Å²) < 4.78 is 1.22. The zero-order chi connectivity index (χ0) is 13.9. The van der Waals surface area contributed by atoms with Crippen molar-refractivity contribution in [3.8, 4) is 0 Å². The summed E-state index contributed by atoms with van der Waals surface area (Å²) in [4.78, 5) is 18.6. The number of nitrogens with zero attached hydrogens (tertiary/aromatic N) is 2. The van der Waals surface area contributed by atoms with E-state index in [0.717, 1.165) is 36.7 Å². The molecule has 2 N–H and O–H groups in total. The molecule has 2 aromatic rings. The van der Waals surface area contributed by atoms with E-state index >= 15 is 0 Å². The summed E-state index contributed by atoms with van der Waals surface area (Å²) in [6.45, 7) is 3.33. The summed E-state index contributed by atoms with van der Waals surface area (Å²) in [7, 11) is 1.68. The summed E-state index contributed by atoms with van der Waals surface area (Å²) in [5.74, 6) is 0.0546.